The summed E-state index contributed by atoms with van der Waals surface area (Å²) in [5.41, 5.74) is 1.55. The molecule has 1 nitrogen and oxygen atoms in total. The van der Waals surface area contributed by atoms with E-state index in [2.05, 4.69) is 0 Å². The molecular formula is C12H13ClFN. The van der Waals surface area contributed by atoms with Gasteiger partial charge in [-0.25, -0.2) is 4.39 Å². The van der Waals surface area contributed by atoms with Crippen molar-refractivity contribution in [3.63, 3.8) is 0 Å². The van der Waals surface area contributed by atoms with E-state index in [0.717, 1.165) is 10.9 Å². The minimum absolute atomic E-state index is 0.158. The predicted molar refractivity (Wildman–Crippen MR) is 62.0 cm³/mol. The van der Waals surface area contributed by atoms with Crippen LogP contribution in [-0.4, -0.2) is 4.57 Å². The summed E-state index contributed by atoms with van der Waals surface area (Å²) in [5, 5.41) is 1.53. The van der Waals surface area contributed by atoms with E-state index in [4.69, 9.17) is 11.6 Å². The molecule has 0 aliphatic heterocycles. The van der Waals surface area contributed by atoms with Crippen LogP contribution in [0.2, 0.25) is 5.15 Å². The lowest BCUT2D eigenvalue weighted by atomic mass is 10.2. The van der Waals surface area contributed by atoms with Gasteiger partial charge >= 0.3 is 0 Å². The van der Waals surface area contributed by atoms with Crippen LogP contribution in [0.25, 0.3) is 10.9 Å². The van der Waals surface area contributed by atoms with Gasteiger partial charge < -0.3 is 4.57 Å². The molecule has 2 rings (SSSR count). The Morgan fingerprint density at radius 2 is 2.00 bits per heavy atom. The number of hydrogen-bond donors (Lipinski definition) is 0. The highest BCUT2D eigenvalue weighted by Gasteiger charge is 2.16. The maximum absolute atomic E-state index is 13.7. The Hall–Kier alpha value is -1.02. The van der Waals surface area contributed by atoms with E-state index in [1.54, 1.807) is 6.07 Å². The summed E-state index contributed by atoms with van der Waals surface area (Å²) in [4.78, 5) is 0. The maximum atomic E-state index is 13.7. The Balaban J connectivity index is 2.95. The quantitative estimate of drug-likeness (QED) is 0.681. The fraction of sp³-hybridized carbons (Fsp3) is 0.333. The minimum Gasteiger partial charge on any atom is -0.326 e. The third-order valence-corrected chi connectivity index (χ3v) is 3.13. The Morgan fingerprint density at radius 3 is 2.60 bits per heavy atom. The lowest BCUT2D eigenvalue weighted by Gasteiger charge is -2.11. The number of fused-ring (bicyclic) bond motifs is 1. The Labute approximate surface area is 93.5 Å². The molecule has 0 unspecified atom stereocenters. The molecular weight excluding hydrogens is 213 g/mol. The van der Waals surface area contributed by atoms with Crippen LogP contribution in [0.4, 0.5) is 4.39 Å². The largest absolute Gasteiger partial charge is 0.326 e. The SMILES string of the molecule is Cc1c(Cl)n(C(C)C)c2c(F)cccc12. The average Bonchev–Trinajstić information content (AvgIpc) is 2.43. The van der Waals surface area contributed by atoms with Crippen LogP contribution in [0.1, 0.15) is 25.5 Å². The van der Waals surface area contributed by atoms with Crippen LogP contribution in [0.5, 0.6) is 0 Å². The fourth-order valence-corrected chi connectivity index (χ4v) is 2.32. The lowest BCUT2D eigenvalue weighted by molar-refractivity contribution is 0.588. The average molecular weight is 226 g/mol. The second-order valence-corrected chi connectivity index (χ2v) is 4.37. The molecule has 0 bridgehead atoms. The van der Waals surface area contributed by atoms with Crippen molar-refractivity contribution in [3.05, 3.63) is 34.7 Å². The first kappa shape index (κ1) is 10.5. The maximum Gasteiger partial charge on any atom is 0.147 e. The molecule has 0 aliphatic rings. The molecule has 1 aromatic heterocycles. The molecule has 1 heterocycles. The zero-order valence-electron chi connectivity index (χ0n) is 9.01. The molecule has 0 fully saturated rings. The normalized spacial score (nSPS) is 11.6. The molecule has 3 heteroatoms. The molecule has 0 N–H and O–H groups in total. The number of benzene rings is 1. The Bertz CT molecular complexity index is 514. The molecule has 0 radical (unpaired) electrons. The first-order valence-electron chi connectivity index (χ1n) is 4.98. The second kappa shape index (κ2) is 3.53. The first-order valence-corrected chi connectivity index (χ1v) is 5.36. The van der Waals surface area contributed by atoms with Crippen molar-refractivity contribution in [2.24, 2.45) is 0 Å². The van der Waals surface area contributed by atoms with Crippen molar-refractivity contribution >= 4 is 22.5 Å². The van der Waals surface area contributed by atoms with Crippen LogP contribution in [-0.2, 0) is 0 Å². The molecule has 15 heavy (non-hydrogen) atoms. The van der Waals surface area contributed by atoms with E-state index in [-0.39, 0.29) is 11.9 Å². The summed E-state index contributed by atoms with van der Waals surface area (Å²) in [6.45, 7) is 5.91. The minimum atomic E-state index is -0.212. The van der Waals surface area contributed by atoms with Gasteiger partial charge in [-0.15, -0.1) is 0 Å². The van der Waals surface area contributed by atoms with Gasteiger partial charge in [0.05, 0.1) is 5.52 Å². The summed E-state index contributed by atoms with van der Waals surface area (Å²) in [6.07, 6.45) is 0. The van der Waals surface area contributed by atoms with Gasteiger partial charge in [-0.2, -0.15) is 0 Å². The van der Waals surface area contributed by atoms with Crippen LogP contribution in [0.3, 0.4) is 0 Å². The molecule has 1 aromatic carbocycles. The van der Waals surface area contributed by atoms with Crippen molar-refractivity contribution < 1.29 is 4.39 Å². The lowest BCUT2D eigenvalue weighted by Crippen LogP contribution is -2.01. The summed E-state index contributed by atoms with van der Waals surface area (Å²) in [6, 6.07) is 5.24. The number of hydrogen-bond acceptors (Lipinski definition) is 0. The molecule has 0 saturated heterocycles. The molecule has 0 atom stereocenters. The second-order valence-electron chi connectivity index (χ2n) is 4.02. The summed E-state index contributed by atoms with van der Waals surface area (Å²) in [7, 11) is 0. The topological polar surface area (TPSA) is 4.93 Å². The van der Waals surface area contributed by atoms with Gasteiger partial charge in [0, 0.05) is 11.4 Å². The van der Waals surface area contributed by atoms with Gasteiger partial charge in [0.1, 0.15) is 11.0 Å². The number of nitrogens with zero attached hydrogens (tertiary/aromatic N) is 1. The molecule has 0 saturated carbocycles. The van der Waals surface area contributed by atoms with Crippen LogP contribution in [0, 0.1) is 12.7 Å². The number of aromatic nitrogens is 1. The summed E-state index contributed by atoms with van der Waals surface area (Å²) >= 11 is 6.20. The third-order valence-electron chi connectivity index (χ3n) is 2.67. The third kappa shape index (κ3) is 1.44. The van der Waals surface area contributed by atoms with Gasteiger partial charge in [-0.05, 0) is 32.4 Å². The first-order chi connectivity index (χ1) is 7.04. The highest BCUT2D eigenvalue weighted by atomic mass is 35.5. The van der Waals surface area contributed by atoms with Gasteiger partial charge in [0.25, 0.3) is 0 Å². The Morgan fingerprint density at radius 1 is 1.33 bits per heavy atom. The van der Waals surface area contributed by atoms with E-state index < -0.39 is 0 Å². The van der Waals surface area contributed by atoms with E-state index >= 15 is 0 Å². The highest BCUT2D eigenvalue weighted by Crippen LogP contribution is 2.33. The fourth-order valence-electron chi connectivity index (χ4n) is 1.94. The number of rotatable bonds is 1. The van der Waals surface area contributed by atoms with Gasteiger partial charge in [-0.1, -0.05) is 23.7 Å². The van der Waals surface area contributed by atoms with E-state index in [9.17, 15) is 4.39 Å². The number of aryl methyl sites for hydroxylation is 1. The zero-order valence-corrected chi connectivity index (χ0v) is 9.77. The standard InChI is InChI=1S/C12H13ClFN/c1-7(2)15-11-9(8(3)12(15)13)5-4-6-10(11)14/h4-7H,1-3H3. The van der Waals surface area contributed by atoms with Crippen molar-refractivity contribution in [1.29, 1.82) is 0 Å². The molecule has 0 aliphatic carbocycles. The van der Waals surface area contributed by atoms with Crippen molar-refractivity contribution in [2.75, 3.05) is 0 Å². The summed E-state index contributed by atoms with van der Waals surface area (Å²) < 4.78 is 15.6. The monoisotopic (exact) mass is 225 g/mol. The number of halogens is 2. The van der Waals surface area contributed by atoms with E-state index in [0.29, 0.717) is 10.7 Å². The zero-order chi connectivity index (χ0) is 11.2. The highest BCUT2D eigenvalue weighted by molar-refractivity contribution is 6.32. The van der Waals surface area contributed by atoms with Gasteiger partial charge in [-0.3, -0.25) is 0 Å². The van der Waals surface area contributed by atoms with Gasteiger partial charge in [0.15, 0.2) is 0 Å². The Kier molecular flexibility index (Phi) is 2.47. The van der Waals surface area contributed by atoms with Crippen molar-refractivity contribution in [1.82, 2.24) is 4.57 Å². The van der Waals surface area contributed by atoms with E-state index in [1.165, 1.54) is 6.07 Å². The summed E-state index contributed by atoms with van der Waals surface area (Å²) in [5.74, 6) is -0.212. The predicted octanol–water partition coefficient (Wildman–Crippen LogP) is 4.32. The molecule has 0 spiro atoms. The molecule has 0 amide bonds. The molecule has 80 valence electrons. The van der Waals surface area contributed by atoms with Crippen LogP contribution >= 0.6 is 11.6 Å². The van der Waals surface area contributed by atoms with Crippen LogP contribution in [0.15, 0.2) is 18.2 Å². The molecule has 2 aromatic rings. The number of para-hydroxylation sites is 1. The van der Waals surface area contributed by atoms with Crippen molar-refractivity contribution in [2.45, 2.75) is 26.8 Å². The van der Waals surface area contributed by atoms with Gasteiger partial charge in [0.2, 0.25) is 0 Å². The smallest absolute Gasteiger partial charge is 0.147 e. The van der Waals surface area contributed by atoms with Crippen LogP contribution < -0.4 is 0 Å². The van der Waals surface area contributed by atoms with Crippen molar-refractivity contribution in [3.8, 4) is 0 Å². The van der Waals surface area contributed by atoms with E-state index in [1.807, 2.05) is 31.4 Å².